The molecule has 18 heavy (non-hydrogen) atoms. The Bertz CT molecular complexity index is 447. The summed E-state index contributed by atoms with van der Waals surface area (Å²) in [6.45, 7) is 2.12. The van der Waals surface area contributed by atoms with Crippen LogP contribution in [0, 0.1) is 5.92 Å². The van der Waals surface area contributed by atoms with Crippen LogP contribution in [0.25, 0.3) is 0 Å². The van der Waals surface area contributed by atoms with E-state index in [4.69, 9.17) is 0 Å². The number of hydrogen-bond acceptors (Lipinski definition) is 3. The lowest BCUT2D eigenvalue weighted by atomic mass is 9.75. The zero-order chi connectivity index (χ0) is 13.1. The Kier molecular flexibility index (Phi) is 3.80. The number of carbonyl (C=O) groups is 2. The van der Waals surface area contributed by atoms with Crippen molar-refractivity contribution in [3.05, 3.63) is 35.4 Å². The fourth-order valence-corrected chi connectivity index (χ4v) is 2.70. The highest BCUT2D eigenvalue weighted by Gasteiger charge is 2.30. The highest BCUT2D eigenvalue weighted by molar-refractivity contribution is 5.90. The molecule has 0 N–H and O–H groups in total. The molecule has 2 rings (SSSR count). The summed E-state index contributed by atoms with van der Waals surface area (Å²) in [5.41, 5.74) is 1.54. The van der Waals surface area contributed by atoms with E-state index in [1.807, 2.05) is 12.1 Å². The van der Waals surface area contributed by atoms with Crippen LogP contribution in [0.2, 0.25) is 0 Å². The molecule has 0 bridgehead atoms. The number of ether oxygens (including phenoxy) is 1. The lowest BCUT2D eigenvalue weighted by Gasteiger charge is -2.27. The molecule has 0 aromatic heterocycles. The fourth-order valence-electron chi connectivity index (χ4n) is 2.70. The lowest BCUT2D eigenvalue weighted by Crippen LogP contribution is -2.24. The lowest BCUT2D eigenvalue weighted by molar-refractivity contribution is -0.123. The third kappa shape index (κ3) is 2.45. The molecule has 2 atom stereocenters. The molecule has 0 heterocycles. The number of ketones is 1. The van der Waals surface area contributed by atoms with Crippen molar-refractivity contribution in [1.29, 1.82) is 0 Å². The average molecular weight is 246 g/mol. The van der Waals surface area contributed by atoms with Gasteiger partial charge in [-0.15, -0.1) is 0 Å². The van der Waals surface area contributed by atoms with Crippen molar-refractivity contribution < 1.29 is 14.3 Å². The molecule has 1 aliphatic rings. The van der Waals surface area contributed by atoms with Gasteiger partial charge in [-0.1, -0.05) is 19.1 Å². The molecule has 1 aromatic carbocycles. The molecule has 1 aliphatic carbocycles. The summed E-state index contributed by atoms with van der Waals surface area (Å²) in [5.74, 6) is 0.352. The minimum atomic E-state index is -0.343. The van der Waals surface area contributed by atoms with E-state index in [9.17, 15) is 9.59 Å². The quantitative estimate of drug-likeness (QED) is 0.753. The highest BCUT2D eigenvalue weighted by atomic mass is 16.5. The molecule has 0 spiro atoms. The van der Waals surface area contributed by atoms with Gasteiger partial charge in [0.05, 0.1) is 12.7 Å². The van der Waals surface area contributed by atoms with E-state index in [0.717, 1.165) is 18.4 Å². The number of carbonyl (C=O) groups excluding carboxylic acids is 2. The summed E-state index contributed by atoms with van der Waals surface area (Å²) in [4.78, 5) is 23.3. The molecule has 2 unspecified atom stereocenters. The van der Waals surface area contributed by atoms with Crippen LogP contribution in [-0.4, -0.2) is 18.9 Å². The van der Waals surface area contributed by atoms with Gasteiger partial charge < -0.3 is 4.74 Å². The first-order valence-electron chi connectivity index (χ1n) is 6.34. The van der Waals surface area contributed by atoms with E-state index in [1.165, 1.54) is 7.11 Å². The van der Waals surface area contributed by atoms with Gasteiger partial charge >= 0.3 is 5.97 Å². The molecule has 0 amide bonds. The Morgan fingerprint density at radius 1 is 1.28 bits per heavy atom. The van der Waals surface area contributed by atoms with Crippen molar-refractivity contribution in [3.8, 4) is 0 Å². The monoisotopic (exact) mass is 246 g/mol. The van der Waals surface area contributed by atoms with Crippen molar-refractivity contribution >= 4 is 11.8 Å². The van der Waals surface area contributed by atoms with Gasteiger partial charge in [0.2, 0.25) is 0 Å². The van der Waals surface area contributed by atoms with Crippen LogP contribution >= 0.6 is 0 Å². The minimum absolute atomic E-state index is 0.00885. The molecular weight excluding hydrogens is 228 g/mol. The summed E-state index contributed by atoms with van der Waals surface area (Å²) >= 11 is 0. The molecular formula is C15H18O3. The number of benzene rings is 1. The first kappa shape index (κ1) is 12.8. The molecule has 1 saturated carbocycles. The van der Waals surface area contributed by atoms with Crippen LogP contribution < -0.4 is 0 Å². The molecule has 0 saturated heterocycles. The van der Waals surface area contributed by atoms with Gasteiger partial charge in [-0.3, -0.25) is 4.79 Å². The Morgan fingerprint density at radius 3 is 2.50 bits per heavy atom. The van der Waals surface area contributed by atoms with Gasteiger partial charge in [-0.2, -0.15) is 0 Å². The average Bonchev–Trinajstić information content (AvgIpc) is 2.38. The Balaban J connectivity index is 2.23. The zero-order valence-corrected chi connectivity index (χ0v) is 10.8. The first-order valence-corrected chi connectivity index (χ1v) is 6.34. The van der Waals surface area contributed by atoms with E-state index < -0.39 is 0 Å². The van der Waals surface area contributed by atoms with Crippen molar-refractivity contribution in [2.75, 3.05) is 7.11 Å². The van der Waals surface area contributed by atoms with Crippen LogP contribution in [0.15, 0.2) is 24.3 Å². The Labute approximate surface area is 107 Å². The second kappa shape index (κ2) is 5.34. The number of hydrogen-bond donors (Lipinski definition) is 0. The normalized spacial score (nSPS) is 23.8. The standard InChI is InChI=1S/C15H18O3/c1-10-4-3-5-13(16)14(10)11-6-8-12(9-7-11)15(17)18-2/h6-10,14H,3-5H2,1-2H3. The summed E-state index contributed by atoms with van der Waals surface area (Å²) in [5, 5.41) is 0. The Morgan fingerprint density at radius 2 is 1.94 bits per heavy atom. The summed E-state index contributed by atoms with van der Waals surface area (Å²) < 4.78 is 4.66. The third-order valence-electron chi connectivity index (χ3n) is 3.69. The van der Waals surface area contributed by atoms with E-state index in [0.29, 0.717) is 23.7 Å². The van der Waals surface area contributed by atoms with Crippen molar-refractivity contribution in [1.82, 2.24) is 0 Å². The van der Waals surface area contributed by atoms with E-state index in [1.54, 1.807) is 12.1 Å². The van der Waals surface area contributed by atoms with Gasteiger partial charge in [0.1, 0.15) is 5.78 Å². The summed E-state index contributed by atoms with van der Waals surface area (Å²) in [6, 6.07) is 7.21. The molecule has 1 aromatic rings. The van der Waals surface area contributed by atoms with E-state index in [2.05, 4.69) is 11.7 Å². The maximum atomic E-state index is 12.0. The predicted octanol–water partition coefficient (Wildman–Crippen LogP) is 2.95. The zero-order valence-electron chi connectivity index (χ0n) is 10.8. The number of Topliss-reactive ketones (excluding diaryl/α,β-unsaturated/α-hetero) is 1. The third-order valence-corrected chi connectivity index (χ3v) is 3.69. The highest BCUT2D eigenvalue weighted by Crippen LogP contribution is 2.35. The van der Waals surface area contributed by atoms with E-state index in [-0.39, 0.29) is 11.9 Å². The van der Waals surface area contributed by atoms with Crippen molar-refractivity contribution in [3.63, 3.8) is 0 Å². The van der Waals surface area contributed by atoms with Crippen molar-refractivity contribution in [2.24, 2.45) is 5.92 Å². The van der Waals surface area contributed by atoms with Crippen LogP contribution in [0.1, 0.15) is 48.0 Å². The molecule has 0 radical (unpaired) electrons. The second-order valence-electron chi connectivity index (χ2n) is 4.93. The molecule has 1 fully saturated rings. The number of methoxy groups -OCH3 is 1. The van der Waals surface area contributed by atoms with Crippen LogP contribution in [0.4, 0.5) is 0 Å². The summed E-state index contributed by atoms with van der Waals surface area (Å²) in [6.07, 6.45) is 2.76. The first-order chi connectivity index (χ1) is 8.63. The van der Waals surface area contributed by atoms with Gasteiger partial charge in [0.25, 0.3) is 0 Å². The van der Waals surface area contributed by atoms with Gasteiger partial charge in [0.15, 0.2) is 0 Å². The minimum Gasteiger partial charge on any atom is -0.465 e. The van der Waals surface area contributed by atoms with Gasteiger partial charge in [0, 0.05) is 12.3 Å². The number of rotatable bonds is 2. The largest absolute Gasteiger partial charge is 0.465 e. The van der Waals surface area contributed by atoms with Gasteiger partial charge in [-0.05, 0) is 36.5 Å². The van der Waals surface area contributed by atoms with Crippen LogP contribution in [0.5, 0.6) is 0 Å². The topological polar surface area (TPSA) is 43.4 Å². The maximum Gasteiger partial charge on any atom is 0.337 e. The Hall–Kier alpha value is -1.64. The molecule has 3 heteroatoms. The fraction of sp³-hybridized carbons (Fsp3) is 0.467. The molecule has 3 nitrogen and oxygen atoms in total. The smallest absolute Gasteiger partial charge is 0.337 e. The van der Waals surface area contributed by atoms with E-state index >= 15 is 0 Å². The maximum absolute atomic E-state index is 12.0. The second-order valence-corrected chi connectivity index (χ2v) is 4.93. The number of esters is 1. The van der Waals surface area contributed by atoms with Gasteiger partial charge in [-0.25, -0.2) is 4.79 Å². The predicted molar refractivity (Wildman–Crippen MR) is 68.5 cm³/mol. The van der Waals surface area contributed by atoms with Crippen LogP contribution in [0.3, 0.4) is 0 Å². The van der Waals surface area contributed by atoms with Crippen molar-refractivity contribution in [2.45, 2.75) is 32.1 Å². The molecule has 0 aliphatic heterocycles. The van der Waals surface area contributed by atoms with Crippen LogP contribution in [-0.2, 0) is 9.53 Å². The molecule has 96 valence electrons. The summed E-state index contributed by atoms with van der Waals surface area (Å²) in [7, 11) is 1.36. The SMILES string of the molecule is COC(=O)c1ccc(C2C(=O)CCCC2C)cc1.